The van der Waals surface area contributed by atoms with Crippen molar-refractivity contribution in [3.8, 4) is 11.4 Å². The number of hydrogen-bond donors (Lipinski definition) is 3. The van der Waals surface area contributed by atoms with E-state index >= 15 is 0 Å². The maximum Gasteiger partial charge on any atom is 0.248 e. The van der Waals surface area contributed by atoms with Gasteiger partial charge in [-0.1, -0.05) is 12.1 Å². The zero-order valence-electron chi connectivity index (χ0n) is 18.9. The molecule has 0 aliphatic rings. The minimum Gasteiger partial charge on any atom is -0.491 e. The van der Waals surface area contributed by atoms with Crippen molar-refractivity contribution in [2.75, 3.05) is 36.7 Å². The van der Waals surface area contributed by atoms with E-state index in [1.807, 2.05) is 48.5 Å². The van der Waals surface area contributed by atoms with Crippen LogP contribution in [-0.2, 0) is 9.53 Å². The molecule has 4 aromatic rings. The largest absolute Gasteiger partial charge is 0.491 e. The fourth-order valence-electron chi connectivity index (χ4n) is 3.24. The van der Waals surface area contributed by atoms with Crippen molar-refractivity contribution in [1.29, 1.82) is 0 Å². The van der Waals surface area contributed by atoms with E-state index < -0.39 is 0 Å². The molecule has 4 N–H and O–H groups in total. The Hall–Kier alpha value is -4.44. The third kappa shape index (κ3) is 5.30. The number of methoxy groups -OCH3 is 1. The van der Waals surface area contributed by atoms with Gasteiger partial charge in [-0.3, -0.25) is 9.36 Å². The van der Waals surface area contributed by atoms with E-state index in [-0.39, 0.29) is 11.7 Å². The number of carbonyl (C=O) groups excluding carboxylic acids is 1. The molecule has 0 fully saturated rings. The molecule has 10 heteroatoms. The van der Waals surface area contributed by atoms with Crippen LogP contribution >= 0.6 is 0 Å². The standard InChI is InChI=1S/C24H25N7O3/c1-3-5-20(32)27-17-6-4-7-18(14-17)31-15-26-21-22(25)29-24(30-23(21)31)28-16-8-10-19(11-9-16)34-13-12-33-2/h3-11,14-15H,12-13H2,1-2H3,(H,27,32)(H3,25,28,29,30)/b5-3+. The number of nitrogens with zero attached hydrogens (tertiary/aromatic N) is 4. The summed E-state index contributed by atoms with van der Waals surface area (Å²) < 4.78 is 12.4. The van der Waals surface area contributed by atoms with Crippen molar-refractivity contribution in [2.45, 2.75) is 6.92 Å². The number of ether oxygens (including phenoxy) is 2. The molecule has 0 aliphatic carbocycles. The molecule has 10 nitrogen and oxygen atoms in total. The lowest BCUT2D eigenvalue weighted by molar-refractivity contribution is -0.111. The Morgan fingerprint density at radius 3 is 2.71 bits per heavy atom. The summed E-state index contributed by atoms with van der Waals surface area (Å²) in [6.07, 6.45) is 4.76. The molecule has 2 aromatic carbocycles. The van der Waals surface area contributed by atoms with Gasteiger partial charge in [0.25, 0.3) is 0 Å². The van der Waals surface area contributed by atoms with Crippen molar-refractivity contribution in [1.82, 2.24) is 19.5 Å². The number of nitrogens with two attached hydrogens (primary N) is 1. The lowest BCUT2D eigenvalue weighted by Gasteiger charge is -2.10. The van der Waals surface area contributed by atoms with E-state index in [1.165, 1.54) is 6.08 Å². The summed E-state index contributed by atoms with van der Waals surface area (Å²) in [6.45, 7) is 2.78. The summed E-state index contributed by atoms with van der Waals surface area (Å²) >= 11 is 0. The zero-order chi connectivity index (χ0) is 23.9. The second-order valence-corrected chi connectivity index (χ2v) is 7.25. The van der Waals surface area contributed by atoms with Crippen LogP contribution in [-0.4, -0.2) is 45.7 Å². The Morgan fingerprint density at radius 1 is 1.12 bits per heavy atom. The molecule has 0 saturated heterocycles. The zero-order valence-corrected chi connectivity index (χ0v) is 18.9. The molecule has 0 aliphatic heterocycles. The van der Waals surface area contributed by atoms with Crippen LogP contribution in [0.5, 0.6) is 5.75 Å². The van der Waals surface area contributed by atoms with Gasteiger partial charge in [-0.15, -0.1) is 0 Å². The molecule has 34 heavy (non-hydrogen) atoms. The average molecular weight is 460 g/mol. The van der Waals surface area contributed by atoms with E-state index in [9.17, 15) is 4.79 Å². The summed E-state index contributed by atoms with van der Waals surface area (Å²) in [5.74, 6) is 1.11. The molecule has 0 spiro atoms. The maximum absolute atomic E-state index is 11.9. The molecule has 0 bridgehead atoms. The normalized spacial score (nSPS) is 11.1. The van der Waals surface area contributed by atoms with Crippen LogP contribution in [0, 0.1) is 0 Å². The smallest absolute Gasteiger partial charge is 0.248 e. The van der Waals surface area contributed by atoms with Crippen molar-refractivity contribution in [3.05, 3.63) is 67.0 Å². The number of carbonyl (C=O) groups is 1. The van der Waals surface area contributed by atoms with Gasteiger partial charge in [0.05, 0.1) is 12.3 Å². The van der Waals surface area contributed by atoms with E-state index in [0.29, 0.717) is 36.0 Å². The molecule has 4 rings (SSSR count). The van der Waals surface area contributed by atoms with Gasteiger partial charge >= 0.3 is 0 Å². The number of amides is 1. The van der Waals surface area contributed by atoms with Gasteiger partial charge in [0.1, 0.15) is 18.7 Å². The first-order chi connectivity index (χ1) is 16.6. The number of hydrogen-bond acceptors (Lipinski definition) is 8. The van der Waals surface area contributed by atoms with Crippen molar-refractivity contribution in [3.63, 3.8) is 0 Å². The fourth-order valence-corrected chi connectivity index (χ4v) is 3.24. The molecule has 2 heterocycles. The number of aromatic nitrogens is 4. The monoisotopic (exact) mass is 459 g/mol. The van der Waals surface area contributed by atoms with Gasteiger partial charge in [0.2, 0.25) is 11.9 Å². The molecule has 0 radical (unpaired) electrons. The number of fused-ring (bicyclic) bond motifs is 1. The fraction of sp³-hybridized carbons (Fsp3) is 0.167. The highest BCUT2D eigenvalue weighted by atomic mass is 16.5. The highest BCUT2D eigenvalue weighted by molar-refractivity contribution is 5.99. The van der Waals surface area contributed by atoms with E-state index in [1.54, 1.807) is 31.0 Å². The lowest BCUT2D eigenvalue weighted by atomic mass is 10.2. The Labute approximate surface area is 196 Å². The minimum atomic E-state index is -0.205. The van der Waals surface area contributed by atoms with E-state index in [0.717, 1.165) is 17.1 Å². The maximum atomic E-state index is 11.9. The van der Waals surface area contributed by atoms with Crippen LogP contribution in [0.4, 0.5) is 23.1 Å². The molecular weight excluding hydrogens is 434 g/mol. The molecule has 174 valence electrons. The SMILES string of the molecule is C/C=C/C(=O)Nc1cccc(-n2cnc3c(N)nc(Nc4ccc(OCCOC)cc4)nc32)c1. The highest BCUT2D eigenvalue weighted by Gasteiger charge is 2.13. The predicted molar refractivity (Wildman–Crippen MR) is 132 cm³/mol. The first-order valence-electron chi connectivity index (χ1n) is 10.6. The number of rotatable bonds is 9. The summed E-state index contributed by atoms with van der Waals surface area (Å²) in [4.78, 5) is 25.2. The Morgan fingerprint density at radius 2 is 1.94 bits per heavy atom. The van der Waals surface area contributed by atoms with Crippen LogP contribution in [0.3, 0.4) is 0 Å². The van der Waals surface area contributed by atoms with Crippen molar-refractivity contribution >= 4 is 40.2 Å². The molecular formula is C24H25N7O3. The quantitative estimate of drug-likeness (QED) is 0.255. The molecule has 0 unspecified atom stereocenters. The number of benzene rings is 2. The van der Waals surface area contributed by atoms with E-state index in [4.69, 9.17) is 15.2 Å². The van der Waals surface area contributed by atoms with Gasteiger partial charge < -0.3 is 25.8 Å². The minimum absolute atomic E-state index is 0.205. The lowest BCUT2D eigenvalue weighted by Crippen LogP contribution is -2.08. The second-order valence-electron chi connectivity index (χ2n) is 7.25. The summed E-state index contributed by atoms with van der Waals surface area (Å²) in [5, 5.41) is 5.99. The Balaban J connectivity index is 1.59. The summed E-state index contributed by atoms with van der Waals surface area (Å²) in [6, 6.07) is 14.8. The van der Waals surface area contributed by atoms with E-state index in [2.05, 4.69) is 25.6 Å². The molecule has 0 atom stereocenters. The third-order valence-corrected chi connectivity index (χ3v) is 4.80. The first-order valence-corrected chi connectivity index (χ1v) is 10.6. The van der Waals surface area contributed by atoms with Crippen LogP contribution in [0.25, 0.3) is 16.9 Å². The number of allylic oxidation sites excluding steroid dienone is 1. The summed E-state index contributed by atoms with van der Waals surface area (Å²) in [7, 11) is 1.63. The number of imidazole rings is 1. The highest BCUT2D eigenvalue weighted by Crippen LogP contribution is 2.25. The Kier molecular flexibility index (Phi) is 6.99. The predicted octanol–water partition coefficient (Wildman–Crippen LogP) is 3.68. The topological polar surface area (TPSA) is 129 Å². The average Bonchev–Trinajstić information content (AvgIpc) is 3.25. The number of anilines is 4. The van der Waals surface area contributed by atoms with Gasteiger partial charge in [-0.25, -0.2) is 4.98 Å². The number of nitrogen functional groups attached to an aromatic ring is 1. The van der Waals surface area contributed by atoms with Crippen LogP contribution < -0.4 is 21.1 Å². The van der Waals surface area contributed by atoms with Gasteiger partial charge in [0.15, 0.2) is 17.0 Å². The van der Waals surface area contributed by atoms with Crippen molar-refractivity contribution in [2.24, 2.45) is 0 Å². The van der Waals surface area contributed by atoms with Crippen LogP contribution in [0.2, 0.25) is 0 Å². The van der Waals surface area contributed by atoms with Gasteiger partial charge in [-0.05, 0) is 55.5 Å². The second kappa shape index (κ2) is 10.5. The van der Waals surface area contributed by atoms with Gasteiger partial charge in [0, 0.05) is 18.5 Å². The molecule has 1 amide bonds. The van der Waals surface area contributed by atoms with Gasteiger partial charge in [-0.2, -0.15) is 9.97 Å². The van der Waals surface area contributed by atoms with Crippen LogP contribution in [0.15, 0.2) is 67.0 Å². The third-order valence-electron chi connectivity index (χ3n) is 4.80. The Bertz CT molecular complexity index is 1320. The van der Waals surface area contributed by atoms with Crippen LogP contribution in [0.1, 0.15) is 6.92 Å². The van der Waals surface area contributed by atoms with Crippen molar-refractivity contribution < 1.29 is 14.3 Å². The number of nitrogens with one attached hydrogen (secondary N) is 2. The first kappa shape index (κ1) is 22.7. The molecule has 0 saturated carbocycles. The molecule has 2 aromatic heterocycles. The summed E-state index contributed by atoms with van der Waals surface area (Å²) in [5.41, 5.74) is 9.37.